The van der Waals surface area contributed by atoms with Crippen molar-refractivity contribution in [2.24, 2.45) is 5.11 Å². The number of hydrogen-bond acceptors (Lipinski definition) is 6. The molecule has 8 nitrogen and oxygen atoms in total. The number of nitrogens with zero attached hydrogens (tertiary/aromatic N) is 3. The molecule has 38 heavy (non-hydrogen) atoms. The second-order valence-electron chi connectivity index (χ2n) is 10.0. The fraction of sp³-hybridized carbons (Fsp3) is 1.00. The van der Waals surface area contributed by atoms with E-state index in [1.54, 1.807) is 0 Å². The minimum Gasteiger partial charge on any atom is -0.379 e. The van der Waals surface area contributed by atoms with Crippen LogP contribution in [0, 0.1) is 0 Å². The molecule has 0 aliphatic heterocycles. The third-order valence-corrected chi connectivity index (χ3v) is 6.49. The maximum Gasteiger partial charge on any atom is 0.0701 e. The molecule has 0 saturated heterocycles. The summed E-state index contributed by atoms with van der Waals surface area (Å²) in [6.45, 7) is 9.54. The molecule has 0 heterocycles. The van der Waals surface area contributed by atoms with E-state index >= 15 is 0 Å². The minimum atomic E-state index is 0.591. The predicted octanol–water partition coefficient (Wildman–Crippen LogP) is 8.42. The summed E-state index contributed by atoms with van der Waals surface area (Å²) >= 11 is 0. The monoisotopic (exact) mass is 543 g/mol. The van der Waals surface area contributed by atoms with Crippen molar-refractivity contribution in [1.29, 1.82) is 0 Å². The highest BCUT2D eigenvalue weighted by atomic mass is 16.6. The zero-order valence-electron chi connectivity index (χ0n) is 24.9. The van der Waals surface area contributed by atoms with Gasteiger partial charge in [0.05, 0.1) is 52.9 Å². The third kappa shape index (κ3) is 35.1. The fourth-order valence-corrected chi connectivity index (χ4v) is 4.17. The number of ether oxygens (including phenoxy) is 5. The van der Waals surface area contributed by atoms with Crippen molar-refractivity contribution < 1.29 is 23.7 Å². The Balaban J connectivity index is 3.02. The largest absolute Gasteiger partial charge is 0.379 e. The van der Waals surface area contributed by atoms with E-state index in [-0.39, 0.29) is 0 Å². The summed E-state index contributed by atoms with van der Waals surface area (Å²) in [6, 6.07) is 0. The predicted molar refractivity (Wildman–Crippen MR) is 157 cm³/mol. The summed E-state index contributed by atoms with van der Waals surface area (Å²) in [4.78, 5) is 2.78. The van der Waals surface area contributed by atoms with Crippen molar-refractivity contribution in [3.63, 3.8) is 0 Å². The molecule has 0 atom stereocenters. The first-order valence-corrected chi connectivity index (χ1v) is 15.8. The average Bonchev–Trinajstić information content (AvgIpc) is 2.93. The van der Waals surface area contributed by atoms with Gasteiger partial charge >= 0.3 is 0 Å². The van der Waals surface area contributed by atoms with Gasteiger partial charge in [-0.1, -0.05) is 108 Å². The minimum absolute atomic E-state index is 0.591. The molecule has 226 valence electrons. The molecule has 0 saturated carbocycles. The Bertz CT molecular complexity index is 479. The summed E-state index contributed by atoms with van der Waals surface area (Å²) in [6.07, 6.45) is 23.0. The standard InChI is InChI=1S/C30H61N3O5/c1-2-3-4-5-6-12-15-18-21-34-23-25-36-27-29-38-30-28-37-26-24-35-22-19-16-13-10-8-7-9-11-14-17-20-32-33-31/h2-30H2,1H3. The molecule has 8 heteroatoms. The maximum atomic E-state index is 8.22. The van der Waals surface area contributed by atoms with Gasteiger partial charge in [-0.15, -0.1) is 0 Å². The topological polar surface area (TPSA) is 94.9 Å². The van der Waals surface area contributed by atoms with E-state index in [1.807, 2.05) is 0 Å². The van der Waals surface area contributed by atoms with Crippen LogP contribution >= 0.6 is 0 Å². The van der Waals surface area contributed by atoms with Gasteiger partial charge in [-0.2, -0.15) is 0 Å². The van der Waals surface area contributed by atoms with E-state index in [0.717, 1.165) is 32.5 Å². The lowest BCUT2D eigenvalue weighted by Gasteiger charge is -2.08. The molecule has 0 aromatic carbocycles. The van der Waals surface area contributed by atoms with Crippen LogP contribution < -0.4 is 0 Å². The molecule has 0 fully saturated rings. The molecule has 0 radical (unpaired) electrons. The number of unbranched alkanes of at least 4 members (excludes halogenated alkanes) is 16. The Morgan fingerprint density at radius 3 is 1.03 bits per heavy atom. The van der Waals surface area contributed by atoms with Crippen LogP contribution in [0.3, 0.4) is 0 Å². The molecule has 0 rings (SSSR count). The quantitative estimate of drug-likeness (QED) is 0.0351. The lowest BCUT2D eigenvalue weighted by molar-refractivity contribution is -0.0114. The molecule has 0 bridgehead atoms. The summed E-state index contributed by atoms with van der Waals surface area (Å²) in [7, 11) is 0. The summed E-state index contributed by atoms with van der Waals surface area (Å²) in [5.74, 6) is 0. The lowest BCUT2D eigenvalue weighted by Crippen LogP contribution is -2.13. The van der Waals surface area contributed by atoms with Crippen molar-refractivity contribution in [3.05, 3.63) is 10.4 Å². The van der Waals surface area contributed by atoms with E-state index in [2.05, 4.69) is 16.9 Å². The van der Waals surface area contributed by atoms with Crippen LogP contribution in [-0.4, -0.2) is 72.6 Å². The molecule has 0 N–H and O–H groups in total. The molecular weight excluding hydrogens is 482 g/mol. The molecule has 0 aromatic heterocycles. The van der Waals surface area contributed by atoms with Crippen molar-refractivity contribution in [2.45, 2.75) is 122 Å². The van der Waals surface area contributed by atoms with Gasteiger partial charge in [0, 0.05) is 24.7 Å². The van der Waals surface area contributed by atoms with Crippen molar-refractivity contribution in [1.82, 2.24) is 0 Å². The van der Waals surface area contributed by atoms with Gasteiger partial charge in [0.15, 0.2) is 0 Å². The molecular formula is C30H61N3O5. The highest BCUT2D eigenvalue weighted by Gasteiger charge is 1.96. The first-order chi connectivity index (χ1) is 18.9. The van der Waals surface area contributed by atoms with E-state index < -0.39 is 0 Å². The molecule has 0 aliphatic carbocycles. The zero-order chi connectivity index (χ0) is 27.5. The maximum absolute atomic E-state index is 8.22. The van der Waals surface area contributed by atoms with Crippen LogP contribution in [0.1, 0.15) is 122 Å². The third-order valence-electron chi connectivity index (χ3n) is 6.49. The normalized spacial score (nSPS) is 11.2. The highest BCUT2D eigenvalue weighted by Crippen LogP contribution is 2.11. The van der Waals surface area contributed by atoms with Gasteiger partial charge in [0.2, 0.25) is 0 Å². The van der Waals surface area contributed by atoms with E-state index in [9.17, 15) is 0 Å². The van der Waals surface area contributed by atoms with Crippen LogP contribution in [0.25, 0.3) is 10.4 Å². The van der Waals surface area contributed by atoms with E-state index in [1.165, 1.54) is 96.3 Å². The van der Waals surface area contributed by atoms with Crippen LogP contribution in [-0.2, 0) is 23.7 Å². The van der Waals surface area contributed by atoms with Gasteiger partial charge < -0.3 is 23.7 Å². The van der Waals surface area contributed by atoms with Crippen LogP contribution in [0.5, 0.6) is 0 Å². The summed E-state index contributed by atoms with van der Waals surface area (Å²) < 4.78 is 27.9. The Kier molecular flexibility index (Phi) is 35.3. The van der Waals surface area contributed by atoms with Crippen LogP contribution in [0.15, 0.2) is 5.11 Å². The number of azide groups is 1. The van der Waals surface area contributed by atoms with Crippen molar-refractivity contribution in [2.75, 3.05) is 72.6 Å². The molecule has 0 spiro atoms. The highest BCUT2D eigenvalue weighted by molar-refractivity contribution is 4.51. The van der Waals surface area contributed by atoms with Gasteiger partial charge in [-0.05, 0) is 24.8 Å². The van der Waals surface area contributed by atoms with Gasteiger partial charge in [0.25, 0.3) is 0 Å². The summed E-state index contributed by atoms with van der Waals surface area (Å²) in [5.41, 5.74) is 8.22. The molecule has 0 unspecified atom stereocenters. The van der Waals surface area contributed by atoms with Crippen molar-refractivity contribution in [3.8, 4) is 0 Å². The second-order valence-corrected chi connectivity index (χ2v) is 10.0. The van der Waals surface area contributed by atoms with E-state index in [4.69, 9.17) is 29.2 Å². The summed E-state index contributed by atoms with van der Waals surface area (Å²) in [5, 5.41) is 3.56. The molecule has 0 amide bonds. The Labute approximate surface area is 234 Å². The SMILES string of the molecule is CCCCCCCCCCOCCOCCOCCOCCOCCCCCCCCCCCCN=[N+]=[N-]. The smallest absolute Gasteiger partial charge is 0.0701 e. The van der Waals surface area contributed by atoms with Crippen LogP contribution in [0.4, 0.5) is 0 Å². The Morgan fingerprint density at radius 1 is 0.395 bits per heavy atom. The Hall–Kier alpha value is -0.890. The van der Waals surface area contributed by atoms with Crippen molar-refractivity contribution >= 4 is 0 Å². The first kappa shape index (κ1) is 37.1. The number of rotatable bonds is 34. The lowest BCUT2D eigenvalue weighted by atomic mass is 10.1. The Morgan fingerprint density at radius 2 is 0.684 bits per heavy atom. The average molecular weight is 544 g/mol. The van der Waals surface area contributed by atoms with Gasteiger partial charge in [0.1, 0.15) is 0 Å². The fourth-order valence-electron chi connectivity index (χ4n) is 4.17. The molecule has 0 aliphatic rings. The number of hydrogen-bond donors (Lipinski definition) is 0. The van der Waals surface area contributed by atoms with Gasteiger partial charge in [-0.3, -0.25) is 0 Å². The van der Waals surface area contributed by atoms with Crippen LogP contribution in [0.2, 0.25) is 0 Å². The van der Waals surface area contributed by atoms with Gasteiger partial charge in [-0.25, -0.2) is 0 Å². The second kappa shape index (κ2) is 36.1. The first-order valence-electron chi connectivity index (χ1n) is 15.8. The van der Waals surface area contributed by atoms with E-state index in [0.29, 0.717) is 59.4 Å². The molecule has 0 aromatic rings. The zero-order valence-corrected chi connectivity index (χ0v) is 24.9.